The van der Waals surface area contributed by atoms with Crippen LogP contribution in [0, 0.1) is 11.7 Å². The Kier molecular flexibility index (Phi) is 7.68. The molecule has 0 saturated heterocycles. The Labute approximate surface area is 137 Å². The van der Waals surface area contributed by atoms with Crippen molar-refractivity contribution < 1.29 is 14.0 Å². The number of benzene rings is 1. The smallest absolute Gasteiger partial charge is 0.241 e. The third kappa shape index (κ3) is 7.23. The summed E-state index contributed by atoms with van der Waals surface area (Å²) in [6.45, 7) is 5.51. The maximum atomic E-state index is 13.1. The van der Waals surface area contributed by atoms with Crippen molar-refractivity contribution in [2.24, 2.45) is 11.7 Å². The van der Waals surface area contributed by atoms with E-state index in [0.29, 0.717) is 11.6 Å². The first kappa shape index (κ1) is 19.1. The molecule has 0 unspecified atom stereocenters. The second-order valence-electron chi connectivity index (χ2n) is 6.16. The predicted octanol–water partition coefficient (Wildman–Crippen LogP) is 2.01. The van der Waals surface area contributed by atoms with Crippen LogP contribution in [0.2, 0.25) is 0 Å². The van der Waals surface area contributed by atoms with Crippen molar-refractivity contribution in [2.75, 3.05) is 31.6 Å². The van der Waals surface area contributed by atoms with Crippen LogP contribution in [0.5, 0.6) is 0 Å². The molecule has 23 heavy (non-hydrogen) atoms. The zero-order chi connectivity index (χ0) is 17.4. The number of primary amides is 1. The SMILES string of the molecule is CC(C)CCN(C)CC(=O)N(CCC(N)=O)c1ccc(F)cc1. The fourth-order valence-electron chi connectivity index (χ4n) is 2.11. The number of halogens is 1. The second-order valence-corrected chi connectivity index (χ2v) is 6.16. The Balaban J connectivity index is 2.75. The molecule has 0 aromatic heterocycles. The lowest BCUT2D eigenvalue weighted by Crippen LogP contribution is -2.41. The van der Waals surface area contributed by atoms with Crippen LogP contribution >= 0.6 is 0 Å². The highest BCUT2D eigenvalue weighted by Gasteiger charge is 2.18. The van der Waals surface area contributed by atoms with Gasteiger partial charge in [-0.15, -0.1) is 0 Å². The second kappa shape index (κ2) is 9.25. The van der Waals surface area contributed by atoms with Crippen LogP contribution in [-0.2, 0) is 9.59 Å². The fourth-order valence-corrected chi connectivity index (χ4v) is 2.11. The average molecular weight is 323 g/mol. The van der Waals surface area contributed by atoms with Gasteiger partial charge in [-0.1, -0.05) is 13.8 Å². The fraction of sp³-hybridized carbons (Fsp3) is 0.529. The molecule has 0 heterocycles. The van der Waals surface area contributed by atoms with Gasteiger partial charge in [0.05, 0.1) is 6.54 Å². The van der Waals surface area contributed by atoms with Crippen molar-refractivity contribution >= 4 is 17.5 Å². The molecule has 1 rings (SSSR count). The first-order valence-electron chi connectivity index (χ1n) is 7.82. The molecule has 1 aromatic carbocycles. The Morgan fingerprint density at radius 3 is 2.30 bits per heavy atom. The summed E-state index contributed by atoms with van der Waals surface area (Å²) < 4.78 is 13.1. The van der Waals surface area contributed by atoms with Gasteiger partial charge in [0.2, 0.25) is 11.8 Å². The van der Waals surface area contributed by atoms with E-state index in [9.17, 15) is 14.0 Å². The molecule has 2 amide bonds. The number of hydrogen-bond acceptors (Lipinski definition) is 3. The molecule has 0 aliphatic heterocycles. The zero-order valence-electron chi connectivity index (χ0n) is 14.1. The lowest BCUT2D eigenvalue weighted by Gasteiger charge is -2.25. The summed E-state index contributed by atoms with van der Waals surface area (Å²) in [6, 6.07) is 5.65. The molecule has 1 aromatic rings. The Hall–Kier alpha value is -1.95. The van der Waals surface area contributed by atoms with Gasteiger partial charge >= 0.3 is 0 Å². The third-order valence-corrected chi connectivity index (χ3v) is 3.51. The van der Waals surface area contributed by atoms with Crippen LogP contribution in [0.1, 0.15) is 26.7 Å². The highest BCUT2D eigenvalue weighted by Crippen LogP contribution is 2.16. The van der Waals surface area contributed by atoms with Crippen LogP contribution in [0.15, 0.2) is 24.3 Å². The zero-order valence-corrected chi connectivity index (χ0v) is 14.1. The van der Waals surface area contributed by atoms with E-state index >= 15 is 0 Å². The number of nitrogens with zero attached hydrogens (tertiary/aromatic N) is 2. The number of hydrogen-bond donors (Lipinski definition) is 1. The lowest BCUT2D eigenvalue weighted by molar-refractivity contribution is -0.119. The van der Waals surface area contributed by atoms with Crippen molar-refractivity contribution in [3.8, 4) is 0 Å². The van der Waals surface area contributed by atoms with E-state index < -0.39 is 5.91 Å². The number of amides is 2. The number of carbonyl (C=O) groups excluding carboxylic acids is 2. The molecule has 2 N–H and O–H groups in total. The van der Waals surface area contributed by atoms with E-state index in [0.717, 1.165) is 13.0 Å². The van der Waals surface area contributed by atoms with Crippen LogP contribution < -0.4 is 10.6 Å². The number of nitrogens with two attached hydrogens (primary N) is 1. The number of carbonyl (C=O) groups is 2. The summed E-state index contributed by atoms with van der Waals surface area (Å²) in [6.07, 6.45) is 1.07. The monoisotopic (exact) mass is 323 g/mol. The van der Waals surface area contributed by atoms with Crippen LogP contribution in [0.4, 0.5) is 10.1 Å². The molecule has 0 radical (unpaired) electrons. The number of rotatable bonds is 9. The summed E-state index contributed by atoms with van der Waals surface area (Å²) in [5.74, 6) is -0.414. The molecule has 0 aliphatic carbocycles. The Bertz CT molecular complexity index is 517. The van der Waals surface area contributed by atoms with E-state index in [1.165, 1.54) is 29.2 Å². The normalized spacial score (nSPS) is 11.0. The molecule has 0 aliphatic rings. The molecular weight excluding hydrogens is 297 g/mol. The minimum absolute atomic E-state index is 0.0683. The molecule has 6 heteroatoms. The summed E-state index contributed by atoms with van der Waals surface area (Å²) in [5, 5.41) is 0. The van der Waals surface area contributed by atoms with Gasteiger partial charge in [0.25, 0.3) is 0 Å². The maximum Gasteiger partial charge on any atom is 0.241 e. The molecule has 0 saturated carbocycles. The van der Waals surface area contributed by atoms with Gasteiger partial charge in [-0.25, -0.2) is 4.39 Å². The van der Waals surface area contributed by atoms with E-state index in [-0.39, 0.29) is 31.2 Å². The van der Waals surface area contributed by atoms with Crippen molar-refractivity contribution in [2.45, 2.75) is 26.7 Å². The first-order chi connectivity index (χ1) is 10.8. The highest BCUT2D eigenvalue weighted by molar-refractivity contribution is 5.95. The molecule has 0 bridgehead atoms. The first-order valence-corrected chi connectivity index (χ1v) is 7.82. The van der Waals surface area contributed by atoms with E-state index in [1.54, 1.807) is 0 Å². The number of likely N-dealkylation sites (N-methyl/N-ethyl adjacent to an activating group) is 1. The van der Waals surface area contributed by atoms with Crippen molar-refractivity contribution in [1.82, 2.24) is 4.90 Å². The summed E-state index contributed by atoms with van der Waals surface area (Å²) >= 11 is 0. The van der Waals surface area contributed by atoms with Gasteiger partial charge in [-0.05, 0) is 50.2 Å². The van der Waals surface area contributed by atoms with Gasteiger partial charge < -0.3 is 10.6 Å². The van der Waals surface area contributed by atoms with Crippen molar-refractivity contribution in [3.05, 3.63) is 30.1 Å². The number of anilines is 1. The van der Waals surface area contributed by atoms with Crippen molar-refractivity contribution in [1.29, 1.82) is 0 Å². The summed E-state index contributed by atoms with van der Waals surface area (Å²) in [7, 11) is 1.89. The largest absolute Gasteiger partial charge is 0.370 e. The van der Waals surface area contributed by atoms with Gasteiger partial charge in [-0.2, -0.15) is 0 Å². The van der Waals surface area contributed by atoms with E-state index in [1.807, 2.05) is 11.9 Å². The van der Waals surface area contributed by atoms with Gasteiger partial charge in [0, 0.05) is 18.7 Å². The van der Waals surface area contributed by atoms with Crippen molar-refractivity contribution in [3.63, 3.8) is 0 Å². The standard InChI is InChI=1S/C17H26FN3O2/c1-13(2)8-10-20(3)12-17(23)21(11-9-16(19)22)15-6-4-14(18)5-7-15/h4-7,13H,8-12H2,1-3H3,(H2,19,22). The van der Waals surface area contributed by atoms with E-state index in [4.69, 9.17) is 5.73 Å². The molecular formula is C17H26FN3O2. The predicted molar refractivity (Wildman–Crippen MR) is 89.5 cm³/mol. The van der Waals surface area contributed by atoms with Gasteiger partial charge in [-0.3, -0.25) is 14.5 Å². The quantitative estimate of drug-likeness (QED) is 0.756. The topological polar surface area (TPSA) is 66.6 Å². The van der Waals surface area contributed by atoms with Crippen LogP contribution in [-0.4, -0.2) is 43.4 Å². The minimum Gasteiger partial charge on any atom is -0.370 e. The molecule has 0 fully saturated rings. The van der Waals surface area contributed by atoms with Gasteiger partial charge in [0.1, 0.15) is 5.82 Å². The van der Waals surface area contributed by atoms with Gasteiger partial charge in [0.15, 0.2) is 0 Å². The molecule has 5 nitrogen and oxygen atoms in total. The summed E-state index contributed by atoms with van der Waals surface area (Å²) in [4.78, 5) is 27.0. The maximum absolute atomic E-state index is 13.1. The minimum atomic E-state index is -0.474. The lowest BCUT2D eigenvalue weighted by atomic mass is 10.1. The van der Waals surface area contributed by atoms with E-state index in [2.05, 4.69) is 13.8 Å². The van der Waals surface area contributed by atoms with Crippen LogP contribution in [0.3, 0.4) is 0 Å². The molecule has 0 spiro atoms. The Morgan fingerprint density at radius 2 is 1.78 bits per heavy atom. The Morgan fingerprint density at radius 1 is 1.17 bits per heavy atom. The average Bonchev–Trinajstić information content (AvgIpc) is 2.46. The molecule has 0 atom stereocenters. The summed E-state index contributed by atoms with van der Waals surface area (Å²) in [5.41, 5.74) is 5.74. The third-order valence-electron chi connectivity index (χ3n) is 3.51. The molecule has 128 valence electrons. The van der Waals surface area contributed by atoms with Crippen LogP contribution in [0.25, 0.3) is 0 Å². The highest BCUT2D eigenvalue weighted by atomic mass is 19.1.